The van der Waals surface area contributed by atoms with Gasteiger partial charge in [-0.1, -0.05) is 12.1 Å². The first-order chi connectivity index (χ1) is 12.1. The van der Waals surface area contributed by atoms with Crippen LogP contribution in [0.25, 0.3) is 11.0 Å². The molecule has 1 aromatic carbocycles. The van der Waals surface area contributed by atoms with E-state index in [1.807, 2.05) is 0 Å². The largest absolute Gasteiger partial charge is 0.416 e. The van der Waals surface area contributed by atoms with Crippen LogP contribution in [0.3, 0.4) is 0 Å². The molecule has 0 aliphatic rings. The number of nitrogens with one attached hydrogen (secondary N) is 1. The number of halogens is 3. The molecule has 0 saturated carbocycles. The lowest BCUT2D eigenvalue weighted by molar-refractivity contribution is -0.137. The maximum atomic E-state index is 12.7. The van der Waals surface area contributed by atoms with Crippen molar-refractivity contribution in [1.82, 2.24) is 19.7 Å². The van der Waals surface area contributed by atoms with Crippen LogP contribution >= 0.6 is 0 Å². The van der Waals surface area contributed by atoms with Crippen molar-refractivity contribution >= 4 is 11.0 Å². The summed E-state index contributed by atoms with van der Waals surface area (Å²) in [5.74, 6) is 0.100. The van der Waals surface area contributed by atoms with Crippen molar-refractivity contribution < 1.29 is 18.3 Å². The molecule has 2 heterocycles. The molecule has 2 unspecified atom stereocenters. The maximum Gasteiger partial charge on any atom is 0.416 e. The molecule has 3 aromatic rings. The molecule has 0 aliphatic carbocycles. The van der Waals surface area contributed by atoms with E-state index >= 15 is 0 Å². The Morgan fingerprint density at radius 3 is 2.35 bits per heavy atom. The molecule has 2 N–H and O–H groups in total. The standard InChI is InChI=1S/C17H17F3N4O2/c1-8-13-15(21-14(10(3)25)22-16(13)26)24(23-8)9(2)11-4-6-12(7-5-11)17(18,19)20/h4-7,9-10,25H,1-3H3,(H,21,22,26). The van der Waals surface area contributed by atoms with E-state index < -0.39 is 29.4 Å². The van der Waals surface area contributed by atoms with E-state index in [0.717, 1.165) is 12.1 Å². The van der Waals surface area contributed by atoms with E-state index in [1.165, 1.54) is 23.7 Å². The van der Waals surface area contributed by atoms with Gasteiger partial charge in [-0.15, -0.1) is 0 Å². The van der Waals surface area contributed by atoms with Crippen molar-refractivity contribution in [1.29, 1.82) is 0 Å². The van der Waals surface area contributed by atoms with Gasteiger partial charge in [-0.3, -0.25) is 4.79 Å². The highest BCUT2D eigenvalue weighted by atomic mass is 19.4. The first kappa shape index (κ1) is 18.1. The van der Waals surface area contributed by atoms with Gasteiger partial charge in [0.25, 0.3) is 5.56 Å². The molecule has 9 heteroatoms. The third kappa shape index (κ3) is 3.10. The van der Waals surface area contributed by atoms with E-state index in [0.29, 0.717) is 11.3 Å². The SMILES string of the molecule is Cc1nn(C(C)c2ccc(C(F)(F)F)cc2)c2nc(C(C)O)[nH]c(=O)c12. The van der Waals surface area contributed by atoms with E-state index in [-0.39, 0.29) is 16.9 Å². The molecule has 0 spiro atoms. The molecule has 138 valence electrons. The molecule has 2 atom stereocenters. The number of fused-ring (bicyclic) bond motifs is 1. The lowest BCUT2D eigenvalue weighted by Gasteiger charge is -2.15. The Balaban J connectivity index is 2.11. The Labute approximate surface area is 146 Å². The Kier molecular flexibility index (Phi) is 4.35. The smallest absolute Gasteiger partial charge is 0.385 e. The van der Waals surface area contributed by atoms with Crippen LogP contribution < -0.4 is 5.56 Å². The van der Waals surface area contributed by atoms with Crippen LogP contribution in [0.15, 0.2) is 29.1 Å². The summed E-state index contributed by atoms with van der Waals surface area (Å²) in [6.07, 6.45) is -5.38. The summed E-state index contributed by atoms with van der Waals surface area (Å²) in [5.41, 5.74) is 0.150. The first-order valence-electron chi connectivity index (χ1n) is 7.94. The third-order valence-electron chi connectivity index (χ3n) is 4.24. The number of nitrogens with zero attached hydrogens (tertiary/aromatic N) is 3. The fourth-order valence-corrected chi connectivity index (χ4v) is 2.79. The van der Waals surface area contributed by atoms with Gasteiger partial charge in [0.2, 0.25) is 0 Å². The van der Waals surface area contributed by atoms with E-state index in [2.05, 4.69) is 15.1 Å². The molecule has 26 heavy (non-hydrogen) atoms. The number of hydrogen-bond donors (Lipinski definition) is 2. The summed E-state index contributed by atoms with van der Waals surface area (Å²) in [6.45, 7) is 4.87. The summed E-state index contributed by atoms with van der Waals surface area (Å²) in [7, 11) is 0. The summed E-state index contributed by atoms with van der Waals surface area (Å²) in [5, 5.41) is 14.3. The Bertz CT molecular complexity index is 1000. The molecular weight excluding hydrogens is 349 g/mol. The summed E-state index contributed by atoms with van der Waals surface area (Å²) in [6, 6.07) is 4.31. The van der Waals surface area contributed by atoms with Gasteiger partial charge in [0.1, 0.15) is 17.3 Å². The van der Waals surface area contributed by atoms with E-state index in [4.69, 9.17) is 0 Å². The predicted molar refractivity (Wildman–Crippen MR) is 88.8 cm³/mol. The molecule has 6 nitrogen and oxygen atoms in total. The second kappa shape index (κ2) is 6.24. The molecule has 3 rings (SSSR count). The topological polar surface area (TPSA) is 83.8 Å². The quantitative estimate of drug-likeness (QED) is 0.746. The van der Waals surface area contributed by atoms with Crippen molar-refractivity contribution in [3.05, 3.63) is 57.3 Å². The predicted octanol–water partition coefficient (Wildman–Crippen LogP) is 3.11. The maximum absolute atomic E-state index is 12.7. The highest BCUT2D eigenvalue weighted by molar-refractivity contribution is 5.77. The normalized spacial score (nSPS) is 14.6. The van der Waals surface area contributed by atoms with Crippen LogP contribution in [0.5, 0.6) is 0 Å². The first-order valence-corrected chi connectivity index (χ1v) is 7.94. The number of H-pyrrole nitrogens is 1. The number of aryl methyl sites for hydroxylation is 1. The second-order valence-electron chi connectivity index (χ2n) is 6.15. The number of benzene rings is 1. The van der Waals surface area contributed by atoms with Crippen LogP contribution in [0.4, 0.5) is 13.2 Å². The number of alkyl halides is 3. The molecule has 2 aromatic heterocycles. The molecule has 0 bridgehead atoms. The zero-order valence-electron chi connectivity index (χ0n) is 14.3. The summed E-state index contributed by atoms with van der Waals surface area (Å²) < 4.78 is 39.7. The Morgan fingerprint density at radius 2 is 1.81 bits per heavy atom. The van der Waals surface area contributed by atoms with Gasteiger partial charge in [0.15, 0.2) is 5.65 Å². The Morgan fingerprint density at radius 1 is 1.19 bits per heavy atom. The van der Waals surface area contributed by atoms with Gasteiger partial charge in [-0.2, -0.15) is 18.3 Å². The van der Waals surface area contributed by atoms with Gasteiger partial charge < -0.3 is 10.1 Å². The zero-order chi connectivity index (χ0) is 19.2. The minimum Gasteiger partial charge on any atom is -0.385 e. The van der Waals surface area contributed by atoms with E-state index in [1.54, 1.807) is 13.8 Å². The van der Waals surface area contributed by atoms with Gasteiger partial charge in [0, 0.05) is 0 Å². The van der Waals surface area contributed by atoms with Crippen molar-refractivity contribution in [2.24, 2.45) is 0 Å². The molecule has 0 radical (unpaired) electrons. The second-order valence-corrected chi connectivity index (χ2v) is 6.15. The number of hydrogen-bond acceptors (Lipinski definition) is 4. The number of rotatable bonds is 3. The van der Waals surface area contributed by atoms with Crippen LogP contribution in [-0.2, 0) is 6.18 Å². The summed E-state index contributed by atoms with van der Waals surface area (Å²) >= 11 is 0. The van der Waals surface area contributed by atoms with Gasteiger partial charge in [-0.05, 0) is 38.5 Å². The average Bonchev–Trinajstić information content (AvgIpc) is 2.90. The van der Waals surface area contributed by atoms with Crippen LogP contribution in [0, 0.1) is 6.92 Å². The van der Waals surface area contributed by atoms with Gasteiger partial charge in [0.05, 0.1) is 17.3 Å². The summed E-state index contributed by atoms with van der Waals surface area (Å²) in [4.78, 5) is 19.1. The fourth-order valence-electron chi connectivity index (χ4n) is 2.79. The molecule has 0 aliphatic heterocycles. The number of aromatic nitrogens is 4. The van der Waals surface area contributed by atoms with Crippen molar-refractivity contribution in [3.8, 4) is 0 Å². The number of aromatic amines is 1. The van der Waals surface area contributed by atoms with E-state index in [9.17, 15) is 23.1 Å². The fraction of sp³-hybridized carbons (Fsp3) is 0.353. The minimum atomic E-state index is -4.40. The average molecular weight is 366 g/mol. The van der Waals surface area contributed by atoms with Crippen molar-refractivity contribution in [2.75, 3.05) is 0 Å². The minimum absolute atomic E-state index is 0.100. The van der Waals surface area contributed by atoms with Gasteiger partial charge in [-0.25, -0.2) is 9.67 Å². The molecule has 0 fully saturated rings. The number of aliphatic hydroxyl groups is 1. The zero-order valence-corrected chi connectivity index (χ0v) is 14.3. The molecule has 0 amide bonds. The highest BCUT2D eigenvalue weighted by Crippen LogP contribution is 2.31. The monoisotopic (exact) mass is 366 g/mol. The van der Waals surface area contributed by atoms with Crippen LogP contribution in [0.2, 0.25) is 0 Å². The van der Waals surface area contributed by atoms with Gasteiger partial charge >= 0.3 is 6.18 Å². The number of aliphatic hydroxyl groups excluding tert-OH is 1. The highest BCUT2D eigenvalue weighted by Gasteiger charge is 2.30. The molecular formula is C17H17F3N4O2. The molecule has 0 saturated heterocycles. The van der Waals surface area contributed by atoms with Crippen LogP contribution in [0.1, 0.15) is 48.6 Å². The third-order valence-corrected chi connectivity index (χ3v) is 4.24. The van der Waals surface area contributed by atoms with Crippen molar-refractivity contribution in [2.45, 2.75) is 39.1 Å². The van der Waals surface area contributed by atoms with Crippen LogP contribution in [-0.4, -0.2) is 24.9 Å². The van der Waals surface area contributed by atoms with Crippen molar-refractivity contribution in [3.63, 3.8) is 0 Å². The lowest BCUT2D eigenvalue weighted by Crippen LogP contribution is -2.16. The lowest BCUT2D eigenvalue weighted by atomic mass is 10.1. The Hall–Kier alpha value is -2.68.